The Morgan fingerprint density at radius 3 is 2.42 bits per heavy atom. The van der Waals surface area contributed by atoms with Gasteiger partial charge in [0.15, 0.2) is 11.0 Å². The van der Waals surface area contributed by atoms with Gasteiger partial charge in [-0.15, -0.1) is 10.2 Å². The molecule has 0 saturated heterocycles. The molecule has 3 aromatic carbocycles. The van der Waals surface area contributed by atoms with Gasteiger partial charge in [0.1, 0.15) is 5.75 Å². The highest BCUT2D eigenvalue weighted by Crippen LogP contribution is 2.30. The molecule has 1 aromatic heterocycles. The smallest absolute Gasteiger partial charge is 0.250 e. The number of hydrogen-bond acceptors (Lipinski definition) is 6. The number of aromatic nitrogens is 3. The van der Waals surface area contributed by atoms with Crippen LogP contribution in [-0.4, -0.2) is 39.7 Å². The minimum Gasteiger partial charge on any atom is -0.496 e. The maximum atomic E-state index is 12.5. The molecule has 0 spiro atoms. The Morgan fingerprint density at radius 2 is 1.71 bits per heavy atom. The maximum Gasteiger partial charge on any atom is 0.250 e. The molecule has 8 heteroatoms. The quantitative estimate of drug-likeness (QED) is 0.161. The van der Waals surface area contributed by atoms with E-state index in [-0.39, 0.29) is 17.1 Å². The predicted molar refractivity (Wildman–Crippen MR) is 155 cm³/mol. The molecule has 0 atom stereocenters. The van der Waals surface area contributed by atoms with E-state index in [0.29, 0.717) is 5.16 Å². The van der Waals surface area contributed by atoms with E-state index in [4.69, 9.17) is 4.74 Å². The van der Waals surface area contributed by atoms with E-state index in [9.17, 15) is 4.79 Å². The number of nitrogens with zero attached hydrogens (tertiary/aromatic N) is 4. The summed E-state index contributed by atoms with van der Waals surface area (Å²) in [5.74, 6) is 1.39. The number of benzene rings is 3. The fourth-order valence-electron chi connectivity index (χ4n) is 3.74. The molecule has 0 aliphatic heterocycles. The summed E-state index contributed by atoms with van der Waals surface area (Å²) >= 11 is 1.31. The Kier molecular flexibility index (Phi) is 8.76. The highest BCUT2D eigenvalue weighted by Gasteiger charge is 2.19. The zero-order valence-electron chi connectivity index (χ0n) is 22.0. The van der Waals surface area contributed by atoms with Gasteiger partial charge < -0.3 is 4.74 Å². The number of para-hydroxylation sites is 2. The van der Waals surface area contributed by atoms with Crippen LogP contribution in [0, 0.1) is 0 Å². The monoisotopic (exact) mass is 525 g/mol. The Labute approximate surface area is 227 Å². The van der Waals surface area contributed by atoms with Crippen molar-refractivity contribution in [1.29, 1.82) is 0 Å². The topological polar surface area (TPSA) is 81.4 Å². The number of hydrazone groups is 1. The summed E-state index contributed by atoms with van der Waals surface area (Å²) in [4.78, 5) is 12.5. The van der Waals surface area contributed by atoms with Crippen molar-refractivity contribution in [2.24, 2.45) is 5.10 Å². The molecule has 0 aliphatic carbocycles. The summed E-state index contributed by atoms with van der Waals surface area (Å²) in [7, 11) is 1.63. The summed E-state index contributed by atoms with van der Waals surface area (Å²) in [6, 6.07) is 25.9. The van der Waals surface area contributed by atoms with Crippen molar-refractivity contribution in [3.63, 3.8) is 0 Å². The molecule has 0 aliphatic rings. The maximum absolute atomic E-state index is 12.5. The zero-order chi connectivity index (χ0) is 27.0. The van der Waals surface area contributed by atoms with E-state index >= 15 is 0 Å². The van der Waals surface area contributed by atoms with Gasteiger partial charge in [-0.25, -0.2) is 5.43 Å². The molecule has 1 heterocycles. The van der Waals surface area contributed by atoms with Crippen molar-refractivity contribution in [2.45, 2.75) is 31.3 Å². The fourth-order valence-corrected chi connectivity index (χ4v) is 4.49. The molecule has 0 radical (unpaired) electrons. The molecule has 4 aromatic rings. The molecule has 0 bridgehead atoms. The van der Waals surface area contributed by atoms with E-state index in [0.717, 1.165) is 28.4 Å². The Morgan fingerprint density at radius 1 is 1.00 bits per heavy atom. The van der Waals surface area contributed by atoms with Crippen LogP contribution in [0.2, 0.25) is 0 Å². The van der Waals surface area contributed by atoms with Gasteiger partial charge in [0.05, 0.1) is 12.9 Å². The van der Waals surface area contributed by atoms with Gasteiger partial charge >= 0.3 is 0 Å². The first kappa shape index (κ1) is 26.9. The van der Waals surface area contributed by atoms with E-state index in [2.05, 4.69) is 65.8 Å². The summed E-state index contributed by atoms with van der Waals surface area (Å²) in [5.41, 5.74) is 6.67. The fraction of sp³-hybridized carbons (Fsp3) is 0.200. The van der Waals surface area contributed by atoms with Crippen LogP contribution in [0.3, 0.4) is 0 Å². The number of carbonyl (C=O) groups is 1. The van der Waals surface area contributed by atoms with Crippen molar-refractivity contribution < 1.29 is 9.53 Å². The molecular formula is C30H31N5O2S. The first-order valence-corrected chi connectivity index (χ1v) is 13.2. The lowest BCUT2D eigenvalue weighted by Gasteiger charge is -2.19. The molecule has 7 nitrogen and oxygen atoms in total. The van der Waals surface area contributed by atoms with Gasteiger partial charge in [0.25, 0.3) is 5.91 Å². The molecular weight excluding hydrogens is 494 g/mol. The van der Waals surface area contributed by atoms with Crippen molar-refractivity contribution in [3.8, 4) is 22.8 Å². The molecule has 0 saturated carbocycles. The number of nitrogens with one attached hydrogen (secondary N) is 1. The zero-order valence-corrected chi connectivity index (χ0v) is 22.8. The van der Waals surface area contributed by atoms with Gasteiger partial charge in [-0.2, -0.15) is 5.10 Å². The molecule has 194 valence electrons. The van der Waals surface area contributed by atoms with E-state index in [1.54, 1.807) is 13.2 Å². The standard InChI is InChI=1S/C30H31N5O2S/c1-30(2,3)24-18-16-23(17-19-24)28-33-34-29(35(28)25-13-6-5-7-14-25)38-21-27(36)32-31-20-10-12-22-11-8-9-15-26(22)37-4/h5-20H,21H2,1-4H3,(H,32,36). The van der Waals surface area contributed by atoms with Gasteiger partial charge in [-0.1, -0.05) is 93.2 Å². The number of thioether (sulfide) groups is 1. The van der Waals surface area contributed by atoms with Crippen LogP contribution < -0.4 is 10.2 Å². The minimum absolute atomic E-state index is 0.0622. The normalized spacial score (nSPS) is 11.8. The van der Waals surface area contributed by atoms with Gasteiger partial charge in [-0.05, 0) is 41.3 Å². The van der Waals surface area contributed by atoms with Crippen LogP contribution in [0.5, 0.6) is 5.75 Å². The van der Waals surface area contributed by atoms with Crippen LogP contribution in [-0.2, 0) is 10.2 Å². The van der Waals surface area contributed by atoms with Gasteiger partial charge in [-0.3, -0.25) is 9.36 Å². The summed E-state index contributed by atoms with van der Waals surface area (Å²) in [6.45, 7) is 6.57. The third kappa shape index (κ3) is 6.77. The first-order valence-electron chi connectivity index (χ1n) is 12.2. The second-order valence-corrected chi connectivity index (χ2v) is 10.4. The number of rotatable bonds is 9. The van der Waals surface area contributed by atoms with Crippen molar-refractivity contribution in [2.75, 3.05) is 12.9 Å². The molecule has 1 N–H and O–H groups in total. The largest absolute Gasteiger partial charge is 0.496 e. The molecule has 38 heavy (non-hydrogen) atoms. The lowest BCUT2D eigenvalue weighted by atomic mass is 9.87. The minimum atomic E-state index is -0.240. The molecule has 1 amide bonds. The second kappa shape index (κ2) is 12.4. The van der Waals surface area contributed by atoms with Crippen LogP contribution in [0.25, 0.3) is 23.2 Å². The third-order valence-corrected chi connectivity index (χ3v) is 6.68. The van der Waals surface area contributed by atoms with E-state index in [1.807, 2.05) is 65.2 Å². The number of ether oxygens (including phenoxy) is 1. The van der Waals surface area contributed by atoms with E-state index in [1.165, 1.54) is 23.5 Å². The number of hydrogen-bond donors (Lipinski definition) is 1. The van der Waals surface area contributed by atoms with Crippen LogP contribution in [0.15, 0.2) is 95.2 Å². The predicted octanol–water partition coefficient (Wildman–Crippen LogP) is 6.15. The van der Waals surface area contributed by atoms with Crippen molar-refractivity contribution in [3.05, 3.63) is 96.1 Å². The van der Waals surface area contributed by atoms with Crippen LogP contribution in [0.4, 0.5) is 0 Å². The number of allylic oxidation sites excluding steroid dienone is 1. The van der Waals surface area contributed by atoms with Crippen molar-refractivity contribution in [1.82, 2.24) is 20.2 Å². The highest BCUT2D eigenvalue weighted by molar-refractivity contribution is 7.99. The lowest BCUT2D eigenvalue weighted by molar-refractivity contribution is -0.118. The molecule has 0 unspecified atom stereocenters. The van der Waals surface area contributed by atoms with Crippen molar-refractivity contribution >= 4 is 30.0 Å². The Hall–Kier alpha value is -4.17. The lowest BCUT2D eigenvalue weighted by Crippen LogP contribution is -2.19. The summed E-state index contributed by atoms with van der Waals surface area (Å²) < 4.78 is 7.30. The SMILES string of the molecule is COc1ccccc1C=CC=NNC(=O)CSc1nnc(-c2ccc(C(C)(C)C)cc2)n1-c1ccccc1. The molecule has 4 rings (SSSR count). The van der Waals surface area contributed by atoms with E-state index < -0.39 is 0 Å². The average Bonchev–Trinajstić information content (AvgIpc) is 3.36. The summed E-state index contributed by atoms with van der Waals surface area (Å²) in [5, 5.41) is 13.5. The Bertz CT molecular complexity index is 1420. The third-order valence-electron chi connectivity index (χ3n) is 5.75. The van der Waals surface area contributed by atoms with Gasteiger partial charge in [0, 0.05) is 23.0 Å². The number of carbonyl (C=O) groups excluding carboxylic acids is 1. The number of methoxy groups -OCH3 is 1. The van der Waals surface area contributed by atoms with Crippen LogP contribution in [0.1, 0.15) is 31.9 Å². The van der Waals surface area contributed by atoms with Gasteiger partial charge in [0.2, 0.25) is 0 Å². The second-order valence-electron chi connectivity index (χ2n) is 9.51. The highest BCUT2D eigenvalue weighted by atomic mass is 32.2. The van der Waals surface area contributed by atoms with Crippen LogP contribution >= 0.6 is 11.8 Å². The summed E-state index contributed by atoms with van der Waals surface area (Å²) in [6.07, 6.45) is 5.14. The first-order chi connectivity index (χ1) is 18.4. The molecule has 0 fully saturated rings. The average molecular weight is 526 g/mol. The Balaban J connectivity index is 1.45. The number of amides is 1.